The van der Waals surface area contributed by atoms with Crippen LogP contribution in [0.1, 0.15) is 32.6 Å². The Morgan fingerprint density at radius 1 is 1.00 bits per heavy atom. The number of fused-ring (bicyclic) bond motifs is 2. The Balaban J connectivity index is 0.00000210. The minimum Gasteiger partial charge on any atom is -0.481 e. The molecule has 0 aromatic heterocycles. The summed E-state index contributed by atoms with van der Waals surface area (Å²) in [7, 11) is 0. The van der Waals surface area contributed by atoms with Gasteiger partial charge in [0.05, 0.1) is 0 Å². The van der Waals surface area contributed by atoms with Crippen LogP contribution in [0, 0.1) is 0 Å². The molecule has 2 bridgehead atoms. The van der Waals surface area contributed by atoms with Gasteiger partial charge in [0.15, 0.2) is 6.10 Å². The molecule has 0 spiro atoms. The first kappa shape index (κ1) is 19.7. The molecule has 0 aliphatic carbocycles. The van der Waals surface area contributed by atoms with E-state index in [-0.39, 0.29) is 24.4 Å². The van der Waals surface area contributed by atoms with E-state index in [1.165, 1.54) is 18.4 Å². The summed E-state index contributed by atoms with van der Waals surface area (Å²) in [4.78, 5) is 12.5. The van der Waals surface area contributed by atoms with E-state index in [0.717, 1.165) is 24.2 Å². The highest BCUT2D eigenvalue weighted by Crippen LogP contribution is 2.27. The van der Waals surface area contributed by atoms with E-state index < -0.39 is 6.10 Å². The number of rotatable bonds is 5. The average molecular weight is 387 g/mol. The Morgan fingerprint density at radius 3 is 2.22 bits per heavy atom. The fourth-order valence-corrected chi connectivity index (χ4v) is 4.11. The highest BCUT2D eigenvalue weighted by Gasteiger charge is 2.34. The molecule has 2 aliphatic heterocycles. The normalized spacial score (nSPS) is 24.6. The monoisotopic (exact) mass is 386 g/mol. The highest BCUT2D eigenvalue weighted by molar-refractivity contribution is 5.85. The Kier molecular flexibility index (Phi) is 6.40. The van der Waals surface area contributed by atoms with Gasteiger partial charge in [0.25, 0.3) is 5.91 Å². The van der Waals surface area contributed by atoms with E-state index in [1.807, 2.05) is 49.4 Å². The molecule has 2 saturated heterocycles. The summed E-state index contributed by atoms with van der Waals surface area (Å²) in [6.07, 6.45) is 4.03. The van der Waals surface area contributed by atoms with Crippen LogP contribution in [0.3, 0.4) is 0 Å². The number of benzene rings is 2. The Hall–Kier alpha value is -2.04. The summed E-state index contributed by atoms with van der Waals surface area (Å²) in [5.41, 5.74) is 2.31. The molecule has 27 heavy (non-hydrogen) atoms. The molecule has 4 rings (SSSR count). The van der Waals surface area contributed by atoms with Gasteiger partial charge in [-0.2, -0.15) is 0 Å². The lowest BCUT2D eigenvalue weighted by Gasteiger charge is -2.30. The second kappa shape index (κ2) is 8.77. The van der Waals surface area contributed by atoms with Gasteiger partial charge in [-0.05, 0) is 55.9 Å². The molecular formula is C22H27ClN2O2. The Bertz CT molecular complexity index is 739. The lowest BCUT2D eigenvalue weighted by atomic mass is 9.99. The van der Waals surface area contributed by atoms with Crippen molar-refractivity contribution in [2.24, 2.45) is 0 Å². The summed E-state index contributed by atoms with van der Waals surface area (Å²) in [5, 5.41) is 6.77. The third kappa shape index (κ3) is 4.82. The summed E-state index contributed by atoms with van der Waals surface area (Å²) < 4.78 is 5.85. The summed E-state index contributed by atoms with van der Waals surface area (Å²) >= 11 is 0. The molecule has 144 valence electrons. The van der Waals surface area contributed by atoms with E-state index in [4.69, 9.17) is 4.74 Å². The van der Waals surface area contributed by atoms with Crippen LogP contribution < -0.4 is 15.4 Å². The molecule has 3 atom stereocenters. The van der Waals surface area contributed by atoms with Gasteiger partial charge in [0, 0.05) is 18.1 Å². The number of hydrogen-bond acceptors (Lipinski definition) is 3. The van der Waals surface area contributed by atoms with Crippen molar-refractivity contribution in [1.82, 2.24) is 10.6 Å². The highest BCUT2D eigenvalue weighted by atomic mass is 35.5. The lowest BCUT2D eigenvalue weighted by molar-refractivity contribution is -0.128. The molecule has 2 N–H and O–H groups in total. The Labute approximate surface area is 167 Å². The smallest absolute Gasteiger partial charge is 0.260 e. The quantitative estimate of drug-likeness (QED) is 0.818. The van der Waals surface area contributed by atoms with Crippen LogP contribution in [0.15, 0.2) is 54.6 Å². The zero-order valence-corrected chi connectivity index (χ0v) is 16.4. The van der Waals surface area contributed by atoms with Crippen molar-refractivity contribution in [3.8, 4) is 16.9 Å². The second-order valence-corrected chi connectivity index (χ2v) is 7.47. The van der Waals surface area contributed by atoms with Crippen LogP contribution in [0.25, 0.3) is 11.1 Å². The number of amides is 1. The fourth-order valence-electron chi connectivity index (χ4n) is 4.11. The van der Waals surface area contributed by atoms with E-state index >= 15 is 0 Å². The largest absolute Gasteiger partial charge is 0.481 e. The summed E-state index contributed by atoms with van der Waals surface area (Å²) in [6.45, 7) is 1.82. The van der Waals surface area contributed by atoms with Crippen LogP contribution in [0.5, 0.6) is 5.75 Å². The number of carbonyl (C=O) groups excluding carboxylic acids is 1. The third-order valence-electron chi connectivity index (χ3n) is 5.46. The predicted octanol–water partition coefficient (Wildman–Crippen LogP) is 3.94. The molecule has 1 amide bonds. The maximum absolute atomic E-state index is 12.5. The van der Waals surface area contributed by atoms with Gasteiger partial charge in [0.2, 0.25) is 0 Å². The number of ether oxygens (including phenoxy) is 1. The number of hydrogen-bond donors (Lipinski definition) is 2. The summed E-state index contributed by atoms with van der Waals surface area (Å²) in [6, 6.07) is 19.5. The zero-order valence-electron chi connectivity index (χ0n) is 15.6. The van der Waals surface area contributed by atoms with E-state index in [2.05, 4.69) is 22.8 Å². The van der Waals surface area contributed by atoms with Crippen molar-refractivity contribution in [1.29, 1.82) is 0 Å². The van der Waals surface area contributed by atoms with Gasteiger partial charge >= 0.3 is 0 Å². The SMILES string of the molecule is CC(Oc1ccc(-c2ccccc2)cc1)C(=O)NC1CC2CCC(C1)N2.Cl. The number of carbonyl (C=O) groups is 1. The van der Waals surface area contributed by atoms with Gasteiger partial charge in [0.1, 0.15) is 5.75 Å². The number of nitrogens with one attached hydrogen (secondary N) is 2. The molecule has 2 aliphatic rings. The molecule has 2 aromatic rings. The maximum Gasteiger partial charge on any atom is 0.260 e. The van der Waals surface area contributed by atoms with Crippen LogP contribution in [0.2, 0.25) is 0 Å². The van der Waals surface area contributed by atoms with E-state index in [1.54, 1.807) is 0 Å². The van der Waals surface area contributed by atoms with Crippen LogP contribution >= 0.6 is 12.4 Å². The molecule has 2 aromatic carbocycles. The average Bonchev–Trinajstić information content (AvgIpc) is 3.01. The lowest BCUT2D eigenvalue weighted by Crippen LogP contribution is -2.50. The minimum atomic E-state index is -0.495. The minimum absolute atomic E-state index is 0. The molecule has 5 heteroatoms. The van der Waals surface area contributed by atoms with Crippen LogP contribution in [0.4, 0.5) is 0 Å². The zero-order chi connectivity index (χ0) is 17.9. The first-order valence-corrected chi connectivity index (χ1v) is 9.56. The van der Waals surface area contributed by atoms with Gasteiger partial charge in [-0.15, -0.1) is 12.4 Å². The van der Waals surface area contributed by atoms with Crippen molar-refractivity contribution in [2.75, 3.05) is 0 Å². The first-order valence-electron chi connectivity index (χ1n) is 9.56. The van der Waals surface area contributed by atoms with Gasteiger partial charge in [-0.25, -0.2) is 0 Å². The second-order valence-electron chi connectivity index (χ2n) is 7.47. The molecule has 4 nitrogen and oxygen atoms in total. The molecule has 0 radical (unpaired) electrons. The summed E-state index contributed by atoms with van der Waals surface area (Å²) in [5.74, 6) is 0.696. The molecule has 3 unspecified atom stereocenters. The number of piperidine rings is 1. The van der Waals surface area contributed by atoms with E-state index in [0.29, 0.717) is 12.1 Å². The molecular weight excluding hydrogens is 360 g/mol. The Morgan fingerprint density at radius 2 is 1.59 bits per heavy atom. The first-order chi connectivity index (χ1) is 12.7. The predicted molar refractivity (Wildman–Crippen MR) is 110 cm³/mol. The maximum atomic E-state index is 12.5. The van der Waals surface area contributed by atoms with Crippen LogP contribution in [-0.4, -0.2) is 30.1 Å². The van der Waals surface area contributed by atoms with Gasteiger partial charge in [-0.3, -0.25) is 4.79 Å². The molecule has 0 saturated carbocycles. The van der Waals surface area contributed by atoms with Crippen molar-refractivity contribution < 1.29 is 9.53 Å². The van der Waals surface area contributed by atoms with Crippen LogP contribution in [-0.2, 0) is 4.79 Å². The van der Waals surface area contributed by atoms with Gasteiger partial charge in [-0.1, -0.05) is 42.5 Å². The molecule has 2 heterocycles. The van der Waals surface area contributed by atoms with Gasteiger partial charge < -0.3 is 15.4 Å². The number of halogens is 1. The van der Waals surface area contributed by atoms with Crippen molar-refractivity contribution in [3.63, 3.8) is 0 Å². The molecule has 2 fully saturated rings. The van der Waals surface area contributed by atoms with E-state index in [9.17, 15) is 4.79 Å². The third-order valence-corrected chi connectivity index (χ3v) is 5.46. The van der Waals surface area contributed by atoms with Crippen molar-refractivity contribution in [2.45, 2.75) is 56.8 Å². The topological polar surface area (TPSA) is 50.4 Å². The van der Waals surface area contributed by atoms with Crippen molar-refractivity contribution in [3.05, 3.63) is 54.6 Å². The fraction of sp³-hybridized carbons (Fsp3) is 0.409. The standard InChI is InChI=1S/C22H26N2O2.ClH/c1-15(22(25)24-20-13-18-9-10-19(14-20)23-18)26-21-11-7-17(8-12-21)16-5-3-2-4-6-16;/h2-8,11-12,15,18-20,23H,9-10,13-14H2,1H3,(H,24,25);1H. The van der Waals surface area contributed by atoms with Crippen molar-refractivity contribution >= 4 is 18.3 Å².